The summed E-state index contributed by atoms with van der Waals surface area (Å²) >= 11 is 5.81. The lowest BCUT2D eigenvalue weighted by Crippen LogP contribution is -2.14. The van der Waals surface area contributed by atoms with Crippen molar-refractivity contribution in [1.82, 2.24) is 0 Å². The standard InChI is InChI=1S/C25H19ClN2O4S/c26-20-10-13-22(14-11-20)33(31,32)28-23-16-21(12-15-24(23)29)27-25(30)19-8-6-18(7-9-19)17-4-2-1-3-5-17/h1-16,28-29H,(H,27,30). The fourth-order valence-corrected chi connectivity index (χ4v) is 4.35. The van der Waals surface area contributed by atoms with E-state index in [-0.39, 0.29) is 22.2 Å². The zero-order valence-corrected chi connectivity index (χ0v) is 18.8. The van der Waals surface area contributed by atoms with Gasteiger partial charge in [-0.1, -0.05) is 54.1 Å². The molecule has 0 saturated carbocycles. The van der Waals surface area contributed by atoms with E-state index in [1.54, 1.807) is 12.1 Å². The highest BCUT2D eigenvalue weighted by Gasteiger charge is 2.17. The number of amides is 1. The third-order valence-corrected chi connectivity index (χ3v) is 6.51. The zero-order chi connectivity index (χ0) is 23.4. The highest BCUT2D eigenvalue weighted by Crippen LogP contribution is 2.29. The average molecular weight is 479 g/mol. The van der Waals surface area contributed by atoms with Gasteiger partial charge in [0.2, 0.25) is 0 Å². The van der Waals surface area contributed by atoms with Crippen LogP contribution in [0.3, 0.4) is 0 Å². The third-order valence-electron chi connectivity index (χ3n) is 4.88. The maximum Gasteiger partial charge on any atom is 0.262 e. The van der Waals surface area contributed by atoms with Crippen LogP contribution >= 0.6 is 11.6 Å². The van der Waals surface area contributed by atoms with Crippen LogP contribution in [0, 0.1) is 0 Å². The maximum absolute atomic E-state index is 12.7. The van der Waals surface area contributed by atoms with Gasteiger partial charge in [-0.2, -0.15) is 0 Å². The van der Waals surface area contributed by atoms with Crippen molar-refractivity contribution in [3.8, 4) is 16.9 Å². The van der Waals surface area contributed by atoms with E-state index in [9.17, 15) is 18.3 Å². The van der Waals surface area contributed by atoms with E-state index in [0.717, 1.165) is 11.1 Å². The number of carbonyl (C=O) groups excluding carboxylic acids is 1. The Morgan fingerprint density at radius 3 is 2.09 bits per heavy atom. The van der Waals surface area contributed by atoms with Gasteiger partial charge in [-0.3, -0.25) is 9.52 Å². The van der Waals surface area contributed by atoms with Crippen LogP contribution in [0.5, 0.6) is 5.75 Å². The van der Waals surface area contributed by atoms with Crippen molar-refractivity contribution in [3.63, 3.8) is 0 Å². The number of hydrogen-bond acceptors (Lipinski definition) is 4. The molecule has 0 unspecified atom stereocenters. The molecule has 3 N–H and O–H groups in total. The second kappa shape index (κ2) is 9.36. The number of aromatic hydroxyl groups is 1. The first-order valence-corrected chi connectivity index (χ1v) is 11.8. The summed E-state index contributed by atoms with van der Waals surface area (Å²) in [4.78, 5) is 12.7. The predicted octanol–water partition coefficient (Wildman–Crippen LogP) is 5.77. The minimum Gasteiger partial charge on any atom is -0.506 e. The van der Waals surface area contributed by atoms with Gasteiger partial charge < -0.3 is 10.4 Å². The third kappa shape index (κ3) is 5.34. The highest BCUT2D eigenvalue weighted by molar-refractivity contribution is 7.92. The summed E-state index contributed by atoms with van der Waals surface area (Å²) < 4.78 is 27.6. The summed E-state index contributed by atoms with van der Waals surface area (Å²) in [6.07, 6.45) is 0. The number of sulfonamides is 1. The van der Waals surface area contributed by atoms with Gasteiger partial charge in [-0.15, -0.1) is 0 Å². The first-order chi connectivity index (χ1) is 15.8. The van der Waals surface area contributed by atoms with Gasteiger partial charge in [0.15, 0.2) is 0 Å². The van der Waals surface area contributed by atoms with Gasteiger partial charge in [0.25, 0.3) is 15.9 Å². The lowest BCUT2D eigenvalue weighted by Gasteiger charge is -2.12. The molecule has 0 fully saturated rings. The van der Waals surface area contributed by atoms with Crippen LogP contribution in [0.4, 0.5) is 11.4 Å². The monoisotopic (exact) mass is 478 g/mol. The predicted molar refractivity (Wildman–Crippen MR) is 130 cm³/mol. The van der Waals surface area contributed by atoms with Crippen molar-refractivity contribution in [2.24, 2.45) is 0 Å². The first kappa shape index (κ1) is 22.4. The van der Waals surface area contributed by atoms with Crippen molar-refractivity contribution >= 4 is 38.9 Å². The molecule has 6 nitrogen and oxygen atoms in total. The Morgan fingerprint density at radius 2 is 1.42 bits per heavy atom. The fourth-order valence-electron chi connectivity index (χ4n) is 3.16. The molecule has 0 saturated heterocycles. The lowest BCUT2D eigenvalue weighted by atomic mass is 10.0. The summed E-state index contributed by atoms with van der Waals surface area (Å²) in [6, 6.07) is 26.7. The molecule has 1 amide bonds. The topological polar surface area (TPSA) is 95.5 Å². The van der Waals surface area contributed by atoms with Crippen molar-refractivity contribution in [1.29, 1.82) is 0 Å². The molecule has 0 atom stereocenters. The summed E-state index contributed by atoms with van der Waals surface area (Å²) in [5.74, 6) is -0.649. The molecule has 0 aliphatic carbocycles. The molecular weight excluding hydrogens is 460 g/mol. The number of benzene rings is 4. The summed E-state index contributed by atoms with van der Waals surface area (Å²) in [5, 5.41) is 13.2. The molecule has 0 aliphatic heterocycles. The van der Waals surface area contributed by atoms with E-state index < -0.39 is 10.0 Å². The molecule has 0 bridgehead atoms. The zero-order valence-electron chi connectivity index (χ0n) is 17.2. The van der Waals surface area contributed by atoms with Gasteiger partial charge in [-0.05, 0) is 65.7 Å². The van der Waals surface area contributed by atoms with Gasteiger partial charge >= 0.3 is 0 Å². The van der Waals surface area contributed by atoms with E-state index in [1.165, 1.54) is 42.5 Å². The van der Waals surface area contributed by atoms with E-state index in [1.807, 2.05) is 42.5 Å². The molecular formula is C25H19ClN2O4S. The average Bonchev–Trinajstić information content (AvgIpc) is 2.82. The Kier molecular flexibility index (Phi) is 6.35. The van der Waals surface area contributed by atoms with Gasteiger partial charge in [0.1, 0.15) is 5.75 Å². The van der Waals surface area contributed by atoms with Gasteiger partial charge in [0, 0.05) is 16.3 Å². The smallest absolute Gasteiger partial charge is 0.262 e. The number of phenols is 1. The van der Waals surface area contributed by atoms with Crippen LogP contribution in [0.25, 0.3) is 11.1 Å². The van der Waals surface area contributed by atoms with Crippen LogP contribution in [0.15, 0.2) is 102 Å². The Hall–Kier alpha value is -3.81. The molecule has 33 heavy (non-hydrogen) atoms. The van der Waals surface area contributed by atoms with E-state index in [0.29, 0.717) is 16.3 Å². The van der Waals surface area contributed by atoms with Crippen LogP contribution in [0.1, 0.15) is 10.4 Å². The quantitative estimate of drug-likeness (QED) is 0.242. The minimum atomic E-state index is -3.96. The number of anilines is 2. The van der Waals surface area contributed by atoms with Crippen LogP contribution in [-0.2, 0) is 10.0 Å². The first-order valence-electron chi connectivity index (χ1n) is 9.90. The molecule has 8 heteroatoms. The summed E-state index contributed by atoms with van der Waals surface area (Å²) in [6.45, 7) is 0. The molecule has 0 spiro atoms. The largest absolute Gasteiger partial charge is 0.506 e. The highest BCUT2D eigenvalue weighted by atomic mass is 35.5. The van der Waals surface area contributed by atoms with E-state index in [4.69, 9.17) is 11.6 Å². The van der Waals surface area contributed by atoms with Crippen LogP contribution < -0.4 is 10.0 Å². The van der Waals surface area contributed by atoms with Gasteiger partial charge in [-0.25, -0.2) is 8.42 Å². The van der Waals surface area contributed by atoms with Crippen molar-refractivity contribution in [2.45, 2.75) is 4.90 Å². The lowest BCUT2D eigenvalue weighted by molar-refractivity contribution is 0.102. The fraction of sp³-hybridized carbons (Fsp3) is 0. The number of halogens is 1. The number of hydrogen-bond donors (Lipinski definition) is 3. The Labute approximate surface area is 196 Å². The van der Waals surface area contributed by atoms with Gasteiger partial charge in [0.05, 0.1) is 10.6 Å². The van der Waals surface area contributed by atoms with Crippen molar-refractivity contribution in [2.75, 3.05) is 10.0 Å². The second-order valence-corrected chi connectivity index (χ2v) is 9.31. The van der Waals surface area contributed by atoms with Crippen molar-refractivity contribution in [3.05, 3.63) is 108 Å². The summed E-state index contributed by atoms with van der Waals surface area (Å²) in [5.41, 5.74) is 2.71. The Balaban J connectivity index is 1.50. The molecule has 4 aromatic carbocycles. The maximum atomic E-state index is 12.7. The molecule has 0 radical (unpaired) electrons. The SMILES string of the molecule is O=C(Nc1ccc(O)c(NS(=O)(=O)c2ccc(Cl)cc2)c1)c1ccc(-c2ccccc2)cc1. The Bertz CT molecular complexity index is 1390. The van der Waals surface area contributed by atoms with E-state index >= 15 is 0 Å². The normalized spacial score (nSPS) is 11.1. The minimum absolute atomic E-state index is 0.0146. The Morgan fingerprint density at radius 1 is 0.788 bits per heavy atom. The number of nitrogens with one attached hydrogen (secondary N) is 2. The number of carbonyl (C=O) groups is 1. The molecule has 166 valence electrons. The molecule has 0 heterocycles. The second-order valence-electron chi connectivity index (χ2n) is 7.19. The van der Waals surface area contributed by atoms with Crippen LogP contribution in [-0.4, -0.2) is 19.4 Å². The molecule has 0 aliphatic rings. The van der Waals surface area contributed by atoms with Crippen molar-refractivity contribution < 1.29 is 18.3 Å². The number of rotatable bonds is 6. The molecule has 4 rings (SSSR count). The van der Waals surface area contributed by atoms with Crippen LogP contribution in [0.2, 0.25) is 5.02 Å². The number of phenolic OH excluding ortho intramolecular Hbond substituents is 1. The molecule has 4 aromatic rings. The summed E-state index contributed by atoms with van der Waals surface area (Å²) in [7, 11) is -3.96. The molecule has 0 aromatic heterocycles. The van der Waals surface area contributed by atoms with E-state index in [2.05, 4.69) is 10.0 Å².